The van der Waals surface area contributed by atoms with Gasteiger partial charge in [0.2, 0.25) is 15.9 Å². The number of carbonyl (C=O) groups is 1. The van der Waals surface area contributed by atoms with Gasteiger partial charge < -0.3 is 10.6 Å². The van der Waals surface area contributed by atoms with Crippen LogP contribution >= 0.6 is 0 Å². The van der Waals surface area contributed by atoms with E-state index in [1.54, 1.807) is 12.1 Å². The Bertz CT molecular complexity index is 962. The Balaban J connectivity index is 1.67. The van der Waals surface area contributed by atoms with Crippen LogP contribution in [-0.2, 0) is 21.2 Å². The van der Waals surface area contributed by atoms with E-state index >= 15 is 0 Å². The molecule has 4 N–H and O–H groups in total. The zero-order chi connectivity index (χ0) is 19.6. The minimum Gasteiger partial charge on any atom is -0.325 e. The van der Waals surface area contributed by atoms with Crippen molar-refractivity contribution in [1.29, 1.82) is 0 Å². The quantitative estimate of drug-likeness (QED) is 0.728. The number of sulfonamides is 1. The van der Waals surface area contributed by atoms with Gasteiger partial charge in [-0.3, -0.25) is 4.79 Å². The third-order valence-corrected chi connectivity index (χ3v) is 5.75. The minimum absolute atomic E-state index is 0.0184. The number of benzene rings is 2. The van der Waals surface area contributed by atoms with E-state index in [1.165, 1.54) is 24.3 Å². The average Bonchev–Trinajstić information content (AvgIpc) is 2.60. The Kier molecular flexibility index (Phi) is 5.59. The summed E-state index contributed by atoms with van der Waals surface area (Å²) in [6.45, 7) is 2.09. The Morgan fingerprint density at radius 1 is 1.26 bits per heavy atom. The number of nitrogens with one attached hydrogen (secondary N) is 2. The maximum Gasteiger partial charge on any atom is 0.238 e. The maximum absolute atomic E-state index is 14.0. The molecule has 0 heterocycles. The van der Waals surface area contributed by atoms with Crippen molar-refractivity contribution < 1.29 is 17.6 Å². The minimum atomic E-state index is -3.84. The fourth-order valence-corrected chi connectivity index (χ4v) is 4.00. The predicted molar refractivity (Wildman–Crippen MR) is 101 cm³/mol. The summed E-state index contributed by atoms with van der Waals surface area (Å²) >= 11 is 0. The van der Waals surface area contributed by atoms with E-state index < -0.39 is 10.0 Å². The lowest BCUT2D eigenvalue weighted by Crippen LogP contribution is -2.36. The molecule has 0 fully saturated rings. The molecule has 2 aromatic rings. The average molecular weight is 391 g/mol. The number of hydrogen-bond acceptors (Lipinski definition) is 4. The highest BCUT2D eigenvalue weighted by Crippen LogP contribution is 2.35. The third-order valence-electron chi connectivity index (χ3n) is 4.84. The first-order valence-electron chi connectivity index (χ1n) is 8.69. The van der Waals surface area contributed by atoms with Crippen LogP contribution < -0.4 is 15.8 Å². The molecule has 0 unspecified atom stereocenters. The van der Waals surface area contributed by atoms with Crippen LogP contribution in [0.1, 0.15) is 30.5 Å². The standard InChI is InChI=1S/C19H22FN3O3S/c1-12-8-9-15-16(6-3-7-17(15)20)19(12)22-11-18(24)23-13-4-2-5-14(10-13)27(21,25)26/h2-7,10,12,19,22H,8-9,11H2,1H3,(H,23,24)(H2,21,25,26)/t12-,19-/m0/s1. The molecule has 0 spiro atoms. The summed E-state index contributed by atoms with van der Waals surface area (Å²) in [6, 6.07) is 10.7. The maximum atomic E-state index is 14.0. The number of amides is 1. The second-order valence-electron chi connectivity index (χ2n) is 6.80. The van der Waals surface area contributed by atoms with Crippen molar-refractivity contribution in [3.63, 3.8) is 0 Å². The first-order valence-corrected chi connectivity index (χ1v) is 10.2. The Morgan fingerprint density at radius 3 is 2.74 bits per heavy atom. The molecule has 0 saturated heterocycles. The van der Waals surface area contributed by atoms with Gasteiger partial charge in [-0.15, -0.1) is 0 Å². The van der Waals surface area contributed by atoms with Crippen LogP contribution in [0.25, 0.3) is 0 Å². The number of fused-ring (bicyclic) bond motifs is 1. The molecule has 3 rings (SSSR count). The van der Waals surface area contributed by atoms with Gasteiger partial charge in [0, 0.05) is 11.7 Å². The van der Waals surface area contributed by atoms with Crippen LogP contribution in [0, 0.1) is 11.7 Å². The fourth-order valence-electron chi connectivity index (χ4n) is 3.45. The molecule has 27 heavy (non-hydrogen) atoms. The topological polar surface area (TPSA) is 101 Å². The molecule has 2 aromatic carbocycles. The van der Waals surface area contributed by atoms with Gasteiger partial charge in [0.25, 0.3) is 0 Å². The van der Waals surface area contributed by atoms with Crippen LogP contribution in [0.4, 0.5) is 10.1 Å². The van der Waals surface area contributed by atoms with E-state index in [1.807, 2.05) is 6.07 Å². The molecule has 1 aliphatic rings. The summed E-state index contributed by atoms with van der Waals surface area (Å²) in [5.41, 5.74) is 1.93. The molecule has 1 amide bonds. The van der Waals surface area contributed by atoms with E-state index in [9.17, 15) is 17.6 Å². The molecular weight excluding hydrogens is 369 g/mol. The van der Waals surface area contributed by atoms with Crippen molar-refractivity contribution in [2.45, 2.75) is 30.7 Å². The van der Waals surface area contributed by atoms with Gasteiger partial charge in [-0.25, -0.2) is 17.9 Å². The van der Waals surface area contributed by atoms with E-state index in [4.69, 9.17) is 5.14 Å². The lowest BCUT2D eigenvalue weighted by atomic mass is 9.80. The molecule has 8 heteroatoms. The van der Waals surface area contributed by atoms with Crippen molar-refractivity contribution in [2.75, 3.05) is 11.9 Å². The summed E-state index contributed by atoms with van der Waals surface area (Å²) in [7, 11) is -3.84. The number of carbonyl (C=O) groups excluding carboxylic acids is 1. The number of halogens is 1. The highest BCUT2D eigenvalue weighted by Gasteiger charge is 2.28. The summed E-state index contributed by atoms with van der Waals surface area (Å²) in [5, 5.41) is 10.9. The molecule has 0 radical (unpaired) electrons. The molecule has 0 bridgehead atoms. The number of hydrogen-bond donors (Lipinski definition) is 3. The summed E-state index contributed by atoms with van der Waals surface area (Å²) in [6.07, 6.45) is 1.53. The van der Waals surface area contributed by atoms with E-state index in [-0.39, 0.29) is 35.1 Å². The molecular formula is C19H22FN3O3S. The number of primary sulfonamides is 1. The summed E-state index contributed by atoms with van der Waals surface area (Å²) in [5.74, 6) is -0.273. The second kappa shape index (κ2) is 7.75. The van der Waals surface area contributed by atoms with E-state index in [2.05, 4.69) is 17.6 Å². The van der Waals surface area contributed by atoms with Gasteiger partial charge in [0.05, 0.1) is 11.4 Å². The predicted octanol–water partition coefficient (Wildman–Crippen LogP) is 2.32. The lowest BCUT2D eigenvalue weighted by molar-refractivity contribution is -0.115. The second-order valence-corrected chi connectivity index (χ2v) is 8.36. The van der Waals surface area contributed by atoms with Crippen molar-refractivity contribution in [3.8, 4) is 0 Å². The van der Waals surface area contributed by atoms with Crippen molar-refractivity contribution in [1.82, 2.24) is 5.32 Å². The zero-order valence-corrected chi connectivity index (χ0v) is 15.7. The van der Waals surface area contributed by atoms with E-state index in [0.29, 0.717) is 17.7 Å². The Hall–Kier alpha value is -2.29. The Morgan fingerprint density at radius 2 is 2.00 bits per heavy atom. The first kappa shape index (κ1) is 19.5. The highest BCUT2D eigenvalue weighted by molar-refractivity contribution is 7.89. The van der Waals surface area contributed by atoms with Gasteiger partial charge in [-0.05, 0) is 54.2 Å². The molecule has 0 aliphatic heterocycles. The van der Waals surface area contributed by atoms with Gasteiger partial charge >= 0.3 is 0 Å². The number of rotatable bonds is 5. The Labute approximate surface area is 158 Å². The number of nitrogens with two attached hydrogens (primary N) is 1. The van der Waals surface area contributed by atoms with Crippen LogP contribution in [0.3, 0.4) is 0 Å². The lowest BCUT2D eigenvalue weighted by Gasteiger charge is -2.32. The fraction of sp³-hybridized carbons (Fsp3) is 0.316. The largest absolute Gasteiger partial charge is 0.325 e. The van der Waals surface area contributed by atoms with Crippen molar-refractivity contribution in [2.24, 2.45) is 11.1 Å². The molecule has 144 valence electrons. The van der Waals surface area contributed by atoms with Gasteiger partial charge in [0.1, 0.15) is 5.82 Å². The molecule has 6 nitrogen and oxygen atoms in total. The van der Waals surface area contributed by atoms with Crippen LogP contribution in [0.2, 0.25) is 0 Å². The van der Waals surface area contributed by atoms with Gasteiger partial charge in [-0.2, -0.15) is 0 Å². The van der Waals surface area contributed by atoms with Crippen LogP contribution in [0.5, 0.6) is 0 Å². The van der Waals surface area contributed by atoms with Gasteiger partial charge in [0.15, 0.2) is 0 Å². The smallest absolute Gasteiger partial charge is 0.238 e. The van der Waals surface area contributed by atoms with E-state index in [0.717, 1.165) is 12.0 Å². The monoisotopic (exact) mass is 391 g/mol. The molecule has 1 aliphatic carbocycles. The molecule has 0 saturated carbocycles. The summed E-state index contributed by atoms with van der Waals surface area (Å²) < 4.78 is 36.8. The number of anilines is 1. The van der Waals surface area contributed by atoms with Crippen molar-refractivity contribution >= 4 is 21.6 Å². The van der Waals surface area contributed by atoms with Gasteiger partial charge in [-0.1, -0.05) is 25.1 Å². The zero-order valence-electron chi connectivity index (χ0n) is 14.9. The van der Waals surface area contributed by atoms with Crippen LogP contribution in [-0.4, -0.2) is 20.9 Å². The molecule has 0 aromatic heterocycles. The molecule has 2 atom stereocenters. The first-order chi connectivity index (χ1) is 12.8. The van der Waals surface area contributed by atoms with Crippen molar-refractivity contribution in [3.05, 3.63) is 59.4 Å². The van der Waals surface area contributed by atoms with Crippen LogP contribution in [0.15, 0.2) is 47.4 Å². The third kappa shape index (κ3) is 4.52. The summed E-state index contributed by atoms with van der Waals surface area (Å²) in [4.78, 5) is 12.2. The SMILES string of the molecule is C[C@H]1CCc2c(F)cccc2[C@H]1NCC(=O)Nc1cccc(S(N)(=O)=O)c1. The normalized spacial score (nSPS) is 19.4. The highest BCUT2D eigenvalue weighted by atomic mass is 32.2.